The number of nitrogen functional groups attached to an aromatic ring is 1. The smallest absolute Gasteiger partial charge is 0.193 e. The molecule has 2 aromatic rings. The Morgan fingerprint density at radius 2 is 1.61 bits per heavy atom. The molecule has 0 aliphatic carbocycles. The second kappa shape index (κ2) is 5.31. The molecule has 0 heterocycles. The standard InChI is InChI=1S/C13H8BrCl2NO/c14-11-5-7(1-2-12(11)17)13(18)8-3-9(15)6-10(16)4-8/h1-6H,17H2. The summed E-state index contributed by atoms with van der Waals surface area (Å²) in [5.41, 5.74) is 7.23. The van der Waals surface area contributed by atoms with E-state index < -0.39 is 0 Å². The van der Waals surface area contributed by atoms with Gasteiger partial charge < -0.3 is 5.73 Å². The first kappa shape index (κ1) is 13.4. The average Bonchev–Trinajstić information content (AvgIpc) is 2.30. The fourth-order valence-electron chi connectivity index (χ4n) is 1.52. The van der Waals surface area contributed by atoms with Crippen LogP contribution in [-0.4, -0.2) is 5.78 Å². The first-order chi connectivity index (χ1) is 8.47. The third-order valence-electron chi connectivity index (χ3n) is 2.39. The van der Waals surface area contributed by atoms with Gasteiger partial charge in [0.15, 0.2) is 5.78 Å². The van der Waals surface area contributed by atoms with Gasteiger partial charge in [0.25, 0.3) is 0 Å². The molecule has 0 unspecified atom stereocenters. The summed E-state index contributed by atoms with van der Waals surface area (Å²) >= 11 is 15.0. The van der Waals surface area contributed by atoms with Crippen molar-refractivity contribution in [3.8, 4) is 0 Å². The Hall–Kier alpha value is -1.03. The van der Waals surface area contributed by atoms with Crippen molar-refractivity contribution in [2.24, 2.45) is 0 Å². The van der Waals surface area contributed by atoms with Crippen LogP contribution < -0.4 is 5.73 Å². The highest BCUT2D eigenvalue weighted by Gasteiger charge is 2.12. The van der Waals surface area contributed by atoms with Crippen molar-refractivity contribution in [3.05, 3.63) is 62.0 Å². The third kappa shape index (κ3) is 2.86. The zero-order valence-corrected chi connectivity index (χ0v) is 12.2. The molecule has 0 radical (unpaired) electrons. The van der Waals surface area contributed by atoms with Crippen molar-refractivity contribution in [1.29, 1.82) is 0 Å². The molecule has 0 aliphatic rings. The van der Waals surface area contributed by atoms with Crippen molar-refractivity contribution in [3.63, 3.8) is 0 Å². The number of nitrogens with two attached hydrogens (primary N) is 1. The number of ketones is 1. The minimum absolute atomic E-state index is 0.153. The van der Waals surface area contributed by atoms with Gasteiger partial charge in [-0.1, -0.05) is 23.2 Å². The van der Waals surface area contributed by atoms with Crippen LogP contribution >= 0.6 is 39.1 Å². The van der Waals surface area contributed by atoms with Gasteiger partial charge in [-0.25, -0.2) is 0 Å². The summed E-state index contributed by atoms with van der Waals surface area (Å²) in [5.74, 6) is -0.153. The van der Waals surface area contributed by atoms with Crippen molar-refractivity contribution in [1.82, 2.24) is 0 Å². The van der Waals surface area contributed by atoms with Crippen LogP contribution in [-0.2, 0) is 0 Å². The Labute approximate surface area is 123 Å². The van der Waals surface area contributed by atoms with E-state index in [0.717, 1.165) is 0 Å². The summed E-state index contributed by atoms with van der Waals surface area (Å²) in [5, 5.41) is 0.862. The van der Waals surface area contributed by atoms with Gasteiger partial charge in [-0.3, -0.25) is 4.79 Å². The van der Waals surface area contributed by atoms with Crippen LogP contribution in [0.15, 0.2) is 40.9 Å². The summed E-state index contributed by atoms with van der Waals surface area (Å²) in [7, 11) is 0. The van der Waals surface area contributed by atoms with E-state index in [-0.39, 0.29) is 5.78 Å². The highest BCUT2D eigenvalue weighted by molar-refractivity contribution is 9.10. The number of hydrogen-bond acceptors (Lipinski definition) is 2. The number of hydrogen-bond donors (Lipinski definition) is 1. The van der Waals surface area contributed by atoms with Crippen LogP contribution in [0.4, 0.5) is 5.69 Å². The van der Waals surface area contributed by atoms with Gasteiger partial charge in [0, 0.05) is 31.3 Å². The number of carbonyl (C=O) groups is 1. The predicted octanol–water partition coefficient (Wildman–Crippen LogP) is 4.57. The summed E-state index contributed by atoms with van der Waals surface area (Å²) in [6, 6.07) is 9.76. The molecule has 0 saturated carbocycles. The minimum atomic E-state index is -0.153. The lowest BCUT2D eigenvalue weighted by atomic mass is 10.0. The number of rotatable bonds is 2. The molecule has 2 nitrogen and oxygen atoms in total. The van der Waals surface area contributed by atoms with Crippen LogP contribution in [0.5, 0.6) is 0 Å². The van der Waals surface area contributed by atoms with E-state index in [0.29, 0.717) is 31.3 Å². The maximum Gasteiger partial charge on any atom is 0.193 e. The maximum absolute atomic E-state index is 12.2. The molecule has 2 N–H and O–H groups in total. The molecule has 0 atom stereocenters. The Morgan fingerprint density at radius 3 is 2.17 bits per heavy atom. The fraction of sp³-hybridized carbons (Fsp3) is 0. The lowest BCUT2D eigenvalue weighted by Gasteiger charge is -2.05. The van der Waals surface area contributed by atoms with Gasteiger partial charge >= 0.3 is 0 Å². The molecule has 2 rings (SSSR count). The quantitative estimate of drug-likeness (QED) is 0.640. The number of anilines is 1. The highest BCUT2D eigenvalue weighted by atomic mass is 79.9. The van der Waals surface area contributed by atoms with Gasteiger partial charge in [0.2, 0.25) is 0 Å². The molecule has 0 saturated heterocycles. The minimum Gasteiger partial charge on any atom is -0.398 e. The number of halogens is 3. The van der Waals surface area contributed by atoms with E-state index in [4.69, 9.17) is 28.9 Å². The molecular formula is C13H8BrCl2NO. The van der Waals surface area contributed by atoms with Crippen LogP contribution in [0.1, 0.15) is 15.9 Å². The summed E-state index contributed by atoms with van der Waals surface area (Å²) < 4.78 is 0.682. The largest absolute Gasteiger partial charge is 0.398 e. The molecule has 0 aliphatic heterocycles. The SMILES string of the molecule is Nc1ccc(C(=O)c2cc(Cl)cc(Cl)c2)cc1Br. The van der Waals surface area contributed by atoms with Gasteiger partial charge in [0.05, 0.1) is 0 Å². The lowest BCUT2D eigenvalue weighted by Crippen LogP contribution is -2.02. The van der Waals surface area contributed by atoms with Crippen molar-refractivity contribution in [2.75, 3.05) is 5.73 Å². The lowest BCUT2D eigenvalue weighted by molar-refractivity contribution is 0.103. The maximum atomic E-state index is 12.2. The van der Waals surface area contributed by atoms with Gasteiger partial charge in [-0.15, -0.1) is 0 Å². The van der Waals surface area contributed by atoms with Crippen molar-refractivity contribution >= 4 is 50.6 Å². The van der Waals surface area contributed by atoms with E-state index in [1.165, 1.54) is 0 Å². The van der Waals surface area contributed by atoms with Crippen LogP contribution in [0, 0.1) is 0 Å². The predicted molar refractivity (Wildman–Crippen MR) is 78.4 cm³/mol. The molecule has 0 bridgehead atoms. The topological polar surface area (TPSA) is 43.1 Å². The molecule has 5 heteroatoms. The first-order valence-electron chi connectivity index (χ1n) is 5.03. The number of benzene rings is 2. The van der Waals surface area contributed by atoms with Gasteiger partial charge in [-0.05, 0) is 52.3 Å². The number of carbonyl (C=O) groups excluding carboxylic acids is 1. The first-order valence-corrected chi connectivity index (χ1v) is 6.58. The normalized spacial score (nSPS) is 10.4. The van der Waals surface area contributed by atoms with E-state index in [1.54, 1.807) is 36.4 Å². The van der Waals surface area contributed by atoms with Crippen LogP contribution in [0.3, 0.4) is 0 Å². The fourth-order valence-corrected chi connectivity index (χ4v) is 2.42. The van der Waals surface area contributed by atoms with E-state index >= 15 is 0 Å². The molecular weight excluding hydrogens is 337 g/mol. The monoisotopic (exact) mass is 343 g/mol. The summed E-state index contributed by atoms with van der Waals surface area (Å²) in [6.45, 7) is 0. The molecule has 0 spiro atoms. The van der Waals surface area contributed by atoms with Crippen LogP contribution in [0.2, 0.25) is 10.0 Å². The van der Waals surface area contributed by atoms with Gasteiger partial charge in [0.1, 0.15) is 0 Å². The van der Waals surface area contributed by atoms with E-state index in [9.17, 15) is 4.79 Å². The molecule has 0 fully saturated rings. The molecule has 2 aromatic carbocycles. The van der Waals surface area contributed by atoms with Crippen LogP contribution in [0.25, 0.3) is 0 Å². The van der Waals surface area contributed by atoms with E-state index in [2.05, 4.69) is 15.9 Å². The third-order valence-corrected chi connectivity index (χ3v) is 3.51. The summed E-state index contributed by atoms with van der Waals surface area (Å²) in [4.78, 5) is 12.2. The molecule has 0 amide bonds. The highest BCUT2D eigenvalue weighted by Crippen LogP contribution is 2.24. The average molecular weight is 345 g/mol. The van der Waals surface area contributed by atoms with Crippen molar-refractivity contribution in [2.45, 2.75) is 0 Å². The second-order valence-electron chi connectivity index (χ2n) is 3.72. The summed E-state index contributed by atoms with van der Waals surface area (Å²) in [6.07, 6.45) is 0. The van der Waals surface area contributed by atoms with Crippen molar-refractivity contribution < 1.29 is 4.79 Å². The van der Waals surface area contributed by atoms with Gasteiger partial charge in [-0.2, -0.15) is 0 Å². The molecule has 92 valence electrons. The Bertz CT molecular complexity index is 608. The zero-order chi connectivity index (χ0) is 13.3. The molecule has 18 heavy (non-hydrogen) atoms. The zero-order valence-electron chi connectivity index (χ0n) is 9.08. The Balaban J connectivity index is 2.44. The Morgan fingerprint density at radius 1 is 1.00 bits per heavy atom. The van der Waals surface area contributed by atoms with E-state index in [1.807, 2.05) is 0 Å². The Kier molecular flexibility index (Phi) is 3.95. The molecule has 0 aromatic heterocycles. The second-order valence-corrected chi connectivity index (χ2v) is 5.45.